The summed E-state index contributed by atoms with van der Waals surface area (Å²) in [4.78, 5) is 22.4. The molecule has 3 rings (SSSR count). The zero-order chi connectivity index (χ0) is 25.2. The standard InChI is InChI=1S/C24H22BrIN4O5/c1-2-34-22-12-17(13-28-29-23(31)14-27-19-7-5-18(26)6-8-19)11-21(25)24(22)35-15-16-3-9-20(10-4-16)30(32)33/h3-13,27H,2,14-15H2,1H3,(H,29,31)/b28-13-. The number of nitro groups is 1. The average molecular weight is 653 g/mol. The van der Waals surface area contributed by atoms with E-state index in [1.54, 1.807) is 24.3 Å². The van der Waals surface area contributed by atoms with Gasteiger partial charge in [0.25, 0.3) is 11.6 Å². The van der Waals surface area contributed by atoms with E-state index in [9.17, 15) is 14.9 Å². The molecule has 0 aromatic heterocycles. The summed E-state index contributed by atoms with van der Waals surface area (Å²) in [5.41, 5.74) is 4.82. The fourth-order valence-corrected chi connectivity index (χ4v) is 3.84. The van der Waals surface area contributed by atoms with Gasteiger partial charge in [0.15, 0.2) is 11.5 Å². The Bertz CT molecular complexity index is 1200. The van der Waals surface area contributed by atoms with Crippen molar-refractivity contribution in [1.82, 2.24) is 5.43 Å². The van der Waals surface area contributed by atoms with E-state index >= 15 is 0 Å². The Morgan fingerprint density at radius 3 is 2.51 bits per heavy atom. The van der Waals surface area contributed by atoms with Gasteiger partial charge in [0.1, 0.15) is 6.61 Å². The highest BCUT2D eigenvalue weighted by Crippen LogP contribution is 2.37. The van der Waals surface area contributed by atoms with Crippen LogP contribution in [0.15, 0.2) is 70.2 Å². The van der Waals surface area contributed by atoms with Crippen molar-refractivity contribution in [3.8, 4) is 11.5 Å². The Morgan fingerprint density at radius 1 is 1.14 bits per heavy atom. The maximum absolute atomic E-state index is 12.1. The molecule has 0 saturated heterocycles. The predicted octanol–water partition coefficient (Wildman–Crippen LogP) is 5.50. The van der Waals surface area contributed by atoms with Crippen LogP contribution in [0.1, 0.15) is 18.1 Å². The third-order valence-corrected chi connectivity index (χ3v) is 5.87. The summed E-state index contributed by atoms with van der Waals surface area (Å²) in [5.74, 6) is 0.706. The monoisotopic (exact) mass is 652 g/mol. The second-order valence-electron chi connectivity index (χ2n) is 7.13. The molecule has 2 N–H and O–H groups in total. The second kappa shape index (κ2) is 13.0. The summed E-state index contributed by atoms with van der Waals surface area (Å²) in [6.07, 6.45) is 1.51. The first kappa shape index (κ1) is 26.4. The molecule has 9 nitrogen and oxygen atoms in total. The zero-order valence-electron chi connectivity index (χ0n) is 18.7. The molecule has 0 radical (unpaired) electrons. The summed E-state index contributed by atoms with van der Waals surface area (Å²) in [6.45, 7) is 2.56. The third-order valence-electron chi connectivity index (χ3n) is 4.56. The SMILES string of the molecule is CCOc1cc(/C=N\NC(=O)CNc2ccc(I)cc2)cc(Br)c1OCc1ccc([N+](=O)[O-])cc1. The van der Waals surface area contributed by atoms with Gasteiger partial charge in [0.05, 0.1) is 28.8 Å². The van der Waals surface area contributed by atoms with E-state index in [1.165, 1.54) is 18.3 Å². The van der Waals surface area contributed by atoms with Gasteiger partial charge in [-0.3, -0.25) is 14.9 Å². The number of nitro benzene ring substituents is 1. The maximum atomic E-state index is 12.1. The lowest BCUT2D eigenvalue weighted by molar-refractivity contribution is -0.384. The van der Waals surface area contributed by atoms with E-state index in [0.717, 1.165) is 14.8 Å². The minimum atomic E-state index is -0.447. The lowest BCUT2D eigenvalue weighted by Gasteiger charge is -2.14. The molecule has 0 aliphatic rings. The van der Waals surface area contributed by atoms with Crippen LogP contribution in [0.5, 0.6) is 11.5 Å². The first-order valence-electron chi connectivity index (χ1n) is 10.5. The lowest BCUT2D eigenvalue weighted by Crippen LogP contribution is -2.25. The molecule has 11 heteroatoms. The van der Waals surface area contributed by atoms with E-state index in [-0.39, 0.29) is 24.7 Å². The van der Waals surface area contributed by atoms with Gasteiger partial charge in [0, 0.05) is 21.4 Å². The molecule has 3 aromatic carbocycles. The topological polar surface area (TPSA) is 115 Å². The first-order chi connectivity index (χ1) is 16.9. The van der Waals surface area contributed by atoms with Gasteiger partial charge in [-0.2, -0.15) is 5.10 Å². The first-order valence-corrected chi connectivity index (χ1v) is 12.4. The average Bonchev–Trinajstić information content (AvgIpc) is 2.83. The van der Waals surface area contributed by atoms with Crippen LogP contribution < -0.4 is 20.2 Å². The molecule has 0 spiro atoms. The van der Waals surface area contributed by atoms with Crippen molar-refractivity contribution in [2.75, 3.05) is 18.5 Å². The quantitative estimate of drug-likeness (QED) is 0.122. The molecule has 0 unspecified atom stereocenters. The molecule has 35 heavy (non-hydrogen) atoms. The number of rotatable bonds is 11. The van der Waals surface area contributed by atoms with Crippen LogP contribution in [0.3, 0.4) is 0 Å². The van der Waals surface area contributed by atoms with Gasteiger partial charge in [-0.25, -0.2) is 5.43 Å². The number of halogens is 2. The summed E-state index contributed by atoms with van der Waals surface area (Å²) in [5, 5.41) is 17.9. The number of anilines is 1. The molecular formula is C24H22BrIN4O5. The summed E-state index contributed by atoms with van der Waals surface area (Å²) >= 11 is 5.71. The fourth-order valence-electron chi connectivity index (χ4n) is 2.90. The van der Waals surface area contributed by atoms with Crippen molar-refractivity contribution in [2.45, 2.75) is 13.5 Å². The van der Waals surface area contributed by atoms with Gasteiger partial charge in [-0.1, -0.05) is 0 Å². The van der Waals surface area contributed by atoms with E-state index in [4.69, 9.17) is 9.47 Å². The van der Waals surface area contributed by atoms with Gasteiger partial charge < -0.3 is 14.8 Å². The number of hydrogen-bond donors (Lipinski definition) is 2. The highest BCUT2D eigenvalue weighted by atomic mass is 127. The number of non-ortho nitro benzene ring substituents is 1. The molecular weight excluding hydrogens is 631 g/mol. The Morgan fingerprint density at radius 2 is 1.86 bits per heavy atom. The van der Waals surface area contributed by atoms with Crippen molar-refractivity contribution >= 4 is 62.0 Å². The minimum absolute atomic E-state index is 0.0197. The smallest absolute Gasteiger partial charge is 0.269 e. The Balaban J connectivity index is 1.60. The number of ether oxygens (including phenoxy) is 2. The van der Waals surface area contributed by atoms with Crippen molar-refractivity contribution in [1.29, 1.82) is 0 Å². The molecule has 0 fully saturated rings. The van der Waals surface area contributed by atoms with Crippen LogP contribution in [-0.4, -0.2) is 30.2 Å². The zero-order valence-corrected chi connectivity index (χ0v) is 22.4. The summed E-state index contributed by atoms with van der Waals surface area (Å²) in [6, 6.07) is 17.4. The predicted molar refractivity (Wildman–Crippen MR) is 146 cm³/mol. The number of benzene rings is 3. The normalized spacial score (nSPS) is 10.7. The van der Waals surface area contributed by atoms with Crippen molar-refractivity contribution < 1.29 is 19.2 Å². The third kappa shape index (κ3) is 8.21. The second-order valence-corrected chi connectivity index (χ2v) is 9.23. The molecule has 0 saturated carbocycles. The Labute approximate surface area is 224 Å². The Kier molecular flexibility index (Phi) is 9.85. The molecule has 0 bridgehead atoms. The van der Waals surface area contributed by atoms with Crippen molar-refractivity contribution in [3.05, 3.63) is 89.9 Å². The van der Waals surface area contributed by atoms with Crippen molar-refractivity contribution in [2.24, 2.45) is 5.10 Å². The van der Waals surface area contributed by atoms with E-state index in [0.29, 0.717) is 28.1 Å². The van der Waals surface area contributed by atoms with E-state index in [1.807, 2.05) is 31.2 Å². The van der Waals surface area contributed by atoms with Gasteiger partial charge >= 0.3 is 0 Å². The highest BCUT2D eigenvalue weighted by Gasteiger charge is 2.13. The highest BCUT2D eigenvalue weighted by molar-refractivity contribution is 14.1. The number of carbonyl (C=O) groups excluding carboxylic acids is 1. The molecule has 0 heterocycles. The van der Waals surface area contributed by atoms with E-state index < -0.39 is 4.92 Å². The molecule has 182 valence electrons. The minimum Gasteiger partial charge on any atom is -0.490 e. The maximum Gasteiger partial charge on any atom is 0.269 e. The van der Waals surface area contributed by atoms with Crippen molar-refractivity contribution in [3.63, 3.8) is 0 Å². The van der Waals surface area contributed by atoms with Gasteiger partial charge in [0.2, 0.25) is 0 Å². The van der Waals surface area contributed by atoms with Crippen LogP contribution in [-0.2, 0) is 11.4 Å². The number of hydrogen-bond acceptors (Lipinski definition) is 7. The lowest BCUT2D eigenvalue weighted by atomic mass is 10.2. The van der Waals surface area contributed by atoms with Crippen LogP contribution >= 0.6 is 38.5 Å². The fraction of sp³-hybridized carbons (Fsp3) is 0.167. The van der Waals surface area contributed by atoms with E-state index in [2.05, 4.69) is 54.4 Å². The number of hydrazone groups is 1. The Hall–Kier alpha value is -3.19. The largest absolute Gasteiger partial charge is 0.490 e. The number of carbonyl (C=O) groups is 1. The van der Waals surface area contributed by atoms with Crippen LogP contribution in [0.4, 0.5) is 11.4 Å². The van der Waals surface area contributed by atoms with Crippen LogP contribution in [0, 0.1) is 13.7 Å². The number of amides is 1. The molecule has 1 amide bonds. The molecule has 0 aliphatic heterocycles. The molecule has 0 atom stereocenters. The number of nitrogens with zero attached hydrogens (tertiary/aromatic N) is 2. The molecule has 0 aliphatic carbocycles. The van der Waals surface area contributed by atoms with Crippen LogP contribution in [0.25, 0.3) is 0 Å². The van der Waals surface area contributed by atoms with Crippen LogP contribution in [0.2, 0.25) is 0 Å². The van der Waals surface area contributed by atoms with Gasteiger partial charge in [-0.15, -0.1) is 0 Å². The molecule has 3 aromatic rings. The number of nitrogens with one attached hydrogen (secondary N) is 2. The summed E-state index contributed by atoms with van der Waals surface area (Å²) < 4.78 is 13.4. The van der Waals surface area contributed by atoms with Gasteiger partial charge in [-0.05, 0) is 105 Å². The summed E-state index contributed by atoms with van der Waals surface area (Å²) in [7, 11) is 0.